The molecule has 3 amide bonds. The number of benzene rings is 2. The number of imide groups is 1. The Morgan fingerprint density at radius 2 is 1.97 bits per heavy atom. The second-order valence-corrected chi connectivity index (χ2v) is 7.82. The minimum absolute atomic E-state index is 0.0600. The van der Waals surface area contributed by atoms with Gasteiger partial charge < -0.3 is 14.8 Å². The second-order valence-electron chi connectivity index (χ2n) is 6.42. The minimum Gasteiger partial charge on any atom is -0.493 e. The highest BCUT2D eigenvalue weighted by Crippen LogP contribution is 2.36. The molecule has 0 aromatic heterocycles. The molecule has 9 heteroatoms. The topological polar surface area (TPSA) is 84.9 Å². The first-order chi connectivity index (χ1) is 14.9. The summed E-state index contributed by atoms with van der Waals surface area (Å²) < 4.78 is 10.7. The van der Waals surface area contributed by atoms with Crippen LogP contribution in [0.1, 0.15) is 22.8 Å². The van der Waals surface area contributed by atoms with Gasteiger partial charge in [0.2, 0.25) is 0 Å². The van der Waals surface area contributed by atoms with Crippen LogP contribution in [0.2, 0.25) is 5.02 Å². The molecule has 1 N–H and O–H groups in total. The van der Waals surface area contributed by atoms with Gasteiger partial charge in [-0.1, -0.05) is 41.9 Å². The van der Waals surface area contributed by atoms with E-state index in [9.17, 15) is 14.4 Å². The summed E-state index contributed by atoms with van der Waals surface area (Å²) in [6.07, 6.45) is 1.68. The fourth-order valence-electron chi connectivity index (χ4n) is 2.91. The maximum atomic E-state index is 12.5. The first-order valence-electron chi connectivity index (χ1n) is 9.53. The van der Waals surface area contributed by atoms with Crippen LogP contribution in [0.3, 0.4) is 0 Å². The van der Waals surface area contributed by atoms with Crippen LogP contribution in [0.5, 0.6) is 11.5 Å². The molecule has 0 atom stereocenters. The number of ether oxygens (including phenoxy) is 2. The van der Waals surface area contributed by atoms with Crippen LogP contribution in [0.15, 0.2) is 47.4 Å². The van der Waals surface area contributed by atoms with Gasteiger partial charge in [-0.25, -0.2) is 0 Å². The van der Waals surface area contributed by atoms with Crippen molar-refractivity contribution in [1.82, 2.24) is 10.2 Å². The Bertz CT molecular complexity index is 1030. The summed E-state index contributed by atoms with van der Waals surface area (Å²) in [6.45, 7) is 2.38. The number of amides is 3. The van der Waals surface area contributed by atoms with Gasteiger partial charge in [0, 0.05) is 18.7 Å². The van der Waals surface area contributed by atoms with Crippen LogP contribution in [0.4, 0.5) is 4.79 Å². The largest absolute Gasteiger partial charge is 0.493 e. The number of halogens is 1. The number of hydrogen-bond donors (Lipinski definition) is 1. The Hall–Kier alpha value is -2.97. The number of carbonyl (C=O) groups is 3. The predicted molar refractivity (Wildman–Crippen MR) is 121 cm³/mol. The van der Waals surface area contributed by atoms with E-state index in [0.29, 0.717) is 23.0 Å². The number of nitrogens with one attached hydrogen (secondary N) is 1. The molecule has 0 bridgehead atoms. The lowest BCUT2D eigenvalue weighted by Crippen LogP contribution is -2.37. The minimum atomic E-state index is -0.407. The highest BCUT2D eigenvalue weighted by Gasteiger charge is 2.34. The number of methoxy groups -OCH3 is 1. The third kappa shape index (κ3) is 5.39. The summed E-state index contributed by atoms with van der Waals surface area (Å²) >= 11 is 7.09. The third-order valence-electron chi connectivity index (χ3n) is 4.37. The smallest absolute Gasteiger partial charge is 0.293 e. The fourth-order valence-corrected chi connectivity index (χ4v) is 4.04. The maximum absolute atomic E-state index is 12.5. The average molecular weight is 461 g/mol. The summed E-state index contributed by atoms with van der Waals surface area (Å²) in [5.41, 5.74) is 1.12. The van der Waals surface area contributed by atoms with Crippen molar-refractivity contribution >= 4 is 46.5 Å². The molecule has 2 aromatic rings. The molecule has 1 fully saturated rings. The molecule has 0 radical (unpaired) electrons. The SMILES string of the molecule is CCOc1c(Cl)cc(C(=O)NCCN2C(=O)S/C(=C\c3ccccc3)C2=O)cc1OC. The van der Waals surface area contributed by atoms with Crippen molar-refractivity contribution < 1.29 is 23.9 Å². The molecule has 7 nitrogen and oxygen atoms in total. The normalized spacial score (nSPS) is 14.8. The van der Waals surface area contributed by atoms with Gasteiger partial charge in [0.05, 0.1) is 23.6 Å². The molecule has 162 valence electrons. The molecule has 3 rings (SSSR count). The average Bonchev–Trinajstić information content (AvgIpc) is 3.03. The Labute approximate surface area is 189 Å². The Kier molecular flexibility index (Phi) is 7.59. The van der Waals surface area contributed by atoms with E-state index in [4.69, 9.17) is 21.1 Å². The van der Waals surface area contributed by atoms with Crippen molar-refractivity contribution in [2.75, 3.05) is 26.8 Å². The van der Waals surface area contributed by atoms with E-state index < -0.39 is 5.91 Å². The number of nitrogens with zero attached hydrogens (tertiary/aromatic N) is 1. The lowest BCUT2D eigenvalue weighted by molar-refractivity contribution is -0.122. The first kappa shape index (κ1) is 22.7. The van der Waals surface area contributed by atoms with Gasteiger partial charge >= 0.3 is 0 Å². The predicted octanol–water partition coefficient (Wildman–Crippen LogP) is 4.21. The molecular formula is C22H21ClN2O5S. The maximum Gasteiger partial charge on any atom is 0.293 e. The van der Waals surface area contributed by atoms with E-state index in [1.54, 1.807) is 6.08 Å². The molecule has 1 heterocycles. The highest BCUT2D eigenvalue weighted by atomic mass is 35.5. The Morgan fingerprint density at radius 1 is 1.23 bits per heavy atom. The molecule has 1 saturated heterocycles. The second kappa shape index (κ2) is 10.4. The van der Waals surface area contributed by atoms with Crippen LogP contribution >= 0.6 is 23.4 Å². The zero-order valence-electron chi connectivity index (χ0n) is 17.0. The van der Waals surface area contributed by atoms with Gasteiger partial charge in [-0.2, -0.15) is 0 Å². The van der Waals surface area contributed by atoms with E-state index >= 15 is 0 Å². The van der Waals surface area contributed by atoms with Crippen LogP contribution in [-0.4, -0.2) is 48.8 Å². The van der Waals surface area contributed by atoms with Gasteiger partial charge in [-0.15, -0.1) is 0 Å². The van der Waals surface area contributed by atoms with Crippen molar-refractivity contribution in [2.24, 2.45) is 0 Å². The van der Waals surface area contributed by atoms with E-state index in [1.807, 2.05) is 37.3 Å². The van der Waals surface area contributed by atoms with Gasteiger partial charge in [0.15, 0.2) is 11.5 Å². The van der Waals surface area contributed by atoms with Gasteiger partial charge in [-0.3, -0.25) is 19.3 Å². The van der Waals surface area contributed by atoms with Crippen LogP contribution in [0, 0.1) is 0 Å². The van der Waals surface area contributed by atoms with Crippen molar-refractivity contribution in [3.8, 4) is 11.5 Å². The molecular weight excluding hydrogens is 440 g/mol. The molecule has 1 aliphatic rings. The molecule has 2 aromatic carbocycles. The summed E-state index contributed by atoms with van der Waals surface area (Å²) in [5.74, 6) is -0.0725. The monoisotopic (exact) mass is 460 g/mol. The number of thioether (sulfide) groups is 1. The zero-order valence-corrected chi connectivity index (χ0v) is 18.6. The van der Waals surface area contributed by atoms with E-state index in [2.05, 4.69) is 5.32 Å². The Morgan fingerprint density at radius 3 is 2.65 bits per heavy atom. The van der Waals surface area contributed by atoms with E-state index in [0.717, 1.165) is 22.2 Å². The highest BCUT2D eigenvalue weighted by molar-refractivity contribution is 8.18. The lowest BCUT2D eigenvalue weighted by Gasteiger charge is -2.15. The van der Waals surface area contributed by atoms with Crippen LogP contribution in [0.25, 0.3) is 6.08 Å². The number of hydrogen-bond acceptors (Lipinski definition) is 6. The fraction of sp³-hybridized carbons (Fsp3) is 0.227. The molecule has 0 saturated carbocycles. The molecule has 1 aliphatic heterocycles. The van der Waals surface area contributed by atoms with Crippen molar-refractivity contribution in [3.63, 3.8) is 0 Å². The molecule has 0 aliphatic carbocycles. The summed E-state index contributed by atoms with van der Waals surface area (Å²) in [4.78, 5) is 38.7. The first-order valence-corrected chi connectivity index (χ1v) is 10.7. The summed E-state index contributed by atoms with van der Waals surface area (Å²) in [7, 11) is 1.46. The standard InChI is InChI=1S/C22H21ClN2O5S/c1-3-30-19-16(23)12-15(13-17(19)29-2)20(26)24-9-10-25-21(27)18(31-22(25)28)11-14-7-5-4-6-8-14/h4-8,11-13H,3,9-10H2,1-2H3,(H,24,26)/b18-11-. The van der Waals surface area contributed by atoms with E-state index in [1.165, 1.54) is 19.2 Å². The van der Waals surface area contributed by atoms with Crippen molar-refractivity contribution in [3.05, 3.63) is 63.5 Å². The zero-order chi connectivity index (χ0) is 22.4. The molecule has 31 heavy (non-hydrogen) atoms. The third-order valence-corrected chi connectivity index (χ3v) is 5.56. The van der Waals surface area contributed by atoms with Gasteiger partial charge in [0.1, 0.15) is 0 Å². The van der Waals surface area contributed by atoms with Gasteiger partial charge in [0.25, 0.3) is 17.1 Å². The molecule has 0 spiro atoms. The summed E-state index contributed by atoms with van der Waals surface area (Å²) in [5, 5.41) is 2.58. The lowest BCUT2D eigenvalue weighted by atomic mass is 10.2. The summed E-state index contributed by atoms with van der Waals surface area (Å²) in [6, 6.07) is 12.3. The van der Waals surface area contributed by atoms with Crippen molar-refractivity contribution in [1.29, 1.82) is 0 Å². The number of rotatable bonds is 8. The number of carbonyl (C=O) groups excluding carboxylic acids is 3. The quantitative estimate of drug-likeness (QED) is 0.594. The van der Waals surface area contributed by atoms with Crippen LogP contribution < -0.4 is 14.8 Å². The van der Waals surface area contributed by atoms with E-state index in [-0.39, 0.29) is 34.8 Å². The van der Waals surface area contributed by atoms with Crippen molar-refractivity contribution in [2.45, 2.75) is 6.92 Å². The molecule has 0 unspecified atom stereocenters. The van der Waals surface area contributed by atoms with Gasteiger partial charge in [-0.05, 0) is 42.5 Å². The van der Waals surface area contributed by atoms with Crippen LogP contribution in [-0.2, 0) is 4.79 Å². The Balaban J connectivity index is 1.62.